The molecule has 0 atom stereocenters. The molecule has 7 heteroatoms. The van der Waals surface area contributed by atoms with E-state index in [1.165, 1.54) is 12.4 Å². The van der Waals surface area contributed by atoms with E-state index in [0.29, 0.717) is 29.0 Å². The van der Waals surface area contributed by atoms with Crippen LogP contribution in [0.2, 0.25) is 0 Å². The van der Waals surface area contributed by atoms with E-state index in [2.05, 4.69) is 15.0 Å². The maximum Gasteiger partial charge on any atom is 0.278 e. The van der Waals surface area contributed by atoms with Crippen LogP contribution >= 0.6 is 0 Å². The molecule has 0 N–H and O–H groups in total. The summed E-state index contributed by atoms with van der Waals surface area (Å²) in [6.45, 7) is 0. The molecule has 0 fully saturated rings. The van der Waals surface area contributed by atoms with E-state index in [-0.39, 0.29) is 5.56 Å². The van der Waals surface area contributed by atoms with Crippen molar-refractivity contribution >= 4 is 23.3 Å². The second-order valence-corrected chi connectivity index (χ2v) is 7.50. The van der Waals surface area contributed by atoms with Crippen molar-refractivity contribution < 1.29 is 4.73 Å². The smallest absolute Gasteiger partial charge is 0.278 e. The Labute approximate surface area is 189 Å². The Bertz CT molecular complexity index is 1510. The van der Waals surface area contributed by atoms with Gasteiger partial charge in [0.15, 0.2) is 18.0 Å². The molecule has 5 aromatic rings. The number of pyridine rings is 3. The standard InChI is InChI=1S/C26H19N5O2/c32-26-24(17-21-5-2-12-27-18-21)29-23-7-3-13-28-25(23)31(26)22-6-1-4-20(16-22)9-8-19-10-14-30(33)15-11-19/h1-16,18H,17H2. The maximum atomic E-state index is 13.5. The quantitative estimate of drug-likeness (QED) is 0.312. The fraction of sp³-hybridized carbons (Fsp3) is 0.0385. The molecule has 0 aliphatic rings. The van der Waals surface area contributed by atoms with Crippen LogP contribution in [-0.2, 0) is 6.42 Å². The van der Waals surface area contributed by atoms with Gasteiger partial charge in [-0.15, -0.1) is 0 Å². The number of hydrogen-bond acceptors (Lipinski definition) is 5. The van der Waals surface area contributed by atoms with Crippen molar-refractivity contribution in [3.8, 4) is 5.69 Å². The van der Waals surface area contributed by atoms with Gasteiger partial charge in [-0.1, -0.05) is 30.4 Å². The van der Waals surface area contributed by atoms with Crippen LogP contribution in [0.1, 0.15) is 22.4 Å². The highest BCUT2D eigenvalue weighted by molar-refractivity contribution is 5.74. The van der Waals surface area contributed by atoms with Gasteiger partial charge < -0.3 is 5.21 Å². The molecule has 0 unspecified atom stereocenters. The molecular weight excluding hydrogens is 414 g/mol. The molecule has 5 rings (SSSR count). The summed E-state index contributed by atoms with van der Waals surface area (Å²) in [6, 6.07) is 18.6. The highest BCUT2D eigenvalue weighted by atomic mass is 16.5. The fourth-order valence-corrected chi connectivity index (χ4v) is 3.61. The molecule has 0 spiro atoms. The molecule has 4 aromatic heterocycles. The molecule has 0 aliphatic heterocycles. The minimum Gasteiger partial charge on any atom is -0.619 e. The van der Waals surface area contributed by atoms with Gasteiger partial charge in [-0.3, -0.25) is 14.3 Å². The Balaban J connectivity index is 1.59. The van der Waals surface area contributed by atoms with Gasteiger partial charge in [0.25, 0.3) is 5.56 Å². The van der Waals surface area contributed by atoms with Crippen LogP contribution < -0.4 is 10.3 Å². The molecule has 33 heavy (non-hydrogen) atoms. The lowest BCUT2D eigenvalue weighted by atomic mass is 10.1. The lowest BCUT2D eigenvalue weighted by molar-refractivity contribution is -0.605. The molecule has 0 saturated carbocycles. The summed E-state index contributed by atoms with van der Waals surface area (Å²) in [5.41, 5.74) is 4.79. The predicted molar refractivity (Wildman–Crippen MR) is 127 cm³/mol. The van der Waals surface area contributed by atoms with E-state index in [1.54, 1.807) is 35.3 Å². The average Bonchev–Trinajstić information content (AvgIpc) is 2.85. The molecule has 0 radical (unpaired) electrons. The molecule has 7 nitrogen and oxygen atoms in total. The summed E-state index contributed by atoms with van der Waals surface area (Å²) in [5.74, 6) is 0. The molecule has 0 bridgehead atoms. The largest absolute Gasteiger partial charge is 0.619 e. The lowest BCUT2D eigenvalue weighted by Crippen LogP contribution is -2.25. The molecule has 160 valence electrons. The van der Waals surface area contributed by atoms with Gasteiger partial charge in [0.05, 0.1) is 5.69 Å². The first kappa shape index (κ1) is 20.3. The highest BCUT2D eigenvalue weighted by Gasteiger charge is 2.14. The first-order chi connectivity index (χ1) is 16.2. The normalized spacial score (nSPS) is 11.3. The van der Waals surface area contributed by atoms with Crippen LogP contribution in [-0.4, -0.2) is 19.5 Å². The predicted octanol–water partition coefficient (Wildman–Crippen LogP) is 3.57. The second kappa shape index (κ2) is 8.84. The topological polar surface area (TPSA) is 87.6 Å². The zero-order valence-corrected chi connectivity index (χ0v) is 17.6. The zero-order valence-electron chi connectivity index (χ0n) is 17.6. The molecule has 0 amide bonds. The monoisotopic (exact) mass is 433 g/mol. The maximum absolute atomic E-state index is 13.5. The van der Waals surface area contributed by atoms with E-state index < -0.39 is 0 Å². The van der Waals surface area contributed by atoms with Crippen LogP contribution in [0.4, 0.5) is 0 Å². The number of hydrogen-bond donors (Lipinski definition) is 0. The molecule has 4 heterocycles. The Morgan fingerprint density at radius 3 is 2.58 bits per heavy atom. The summed E-state index contributed by atoms with van der Waals surface area (Å²) in [7, 11) is 0. The van der Waals surface area contributed by atoms with Gasteiger partial charge in [-0.05, 0) is 47.0 Å². The number of rotatable bonds is 5. The summed E-state index contributed by atoms with van der Waals surface area (Å²) in [6.07, 6.45) is 12.2. The van der Waals surface area contributed by atoms with Crippen molar-refractivity contribution in [2.45, 2.75) is 6.42 Å². The zero-order chi connectivity index (χ0) is 22.6. The molecule has 0 saturated heterocycles. The highest BCUT2D eigenvalue weighted by Crippen LogP contribution is 2.17. The first-order valence-electron chi connectivity index (χ1n) is 10.4. The van der Waals surface area contributed by atoms with Crippen molar-refractivity contribution in [3.05, 3.63) is 130 Å². The van der Waals surface area contributed by atoms with Crippen LogP contribution in [0, 0.1) is 5.21 Å². The number of fused-ring (bicyclic) bond motifs is 1. The third-order valence-electron chi connectivity index (χ3n) is 5.20. The average molecular weight is 433 g/mol. The van der Waals surface area contributed by atoms with Crippen molar-refractivity contribution in [1.29, 1.82) is 0 Å². The van der Waals surface area contributed by atoms with E-state index in [9.17, 15) is 10.0 Å². The Hall–Kier alpha value is -4.65. The Kier molecular flexibility index (Phi) is 5.43. The third kappa shape index (κ3) is 4.38. The number of aromatic nitrogens is 5. The number of nitrogens with zero attached hydrogens (tertiary/aromatic N) is 5. The fourth-order valence-electron chi connectivity index (χ4n) is 3.61. The summed E-state index contributed by atoms with van der Waals surface area (Å²) in [5, 5.41) is 11.2. The van der Waals surface area contributed by atoms with Gasteiger partial charge in [-0.25, -0.2) is 9.97 Å². The van der Waals surface area contributed by atoms with Crippen LogP contribution in [0.25, 0.3) is 29.0 Å². The van der Waals surface area contributed by atoms with Crippen molar-refractivity contribution in [2.75, 3.05) is 0 Å². The van der Waals surface area contributed by atoms with E-state index in [4.69, 9.17) is 0 Å². The van der Waals surface area contributed by atoms with Crippen molar-refractivity contribution in [1.82, 2.24) is 19.5 Å². The summed E-state index contributed by atoms with van der Waals surface area (Å²) < 4.78 is 2.35. The van der Waals surface area contributed by atoms with Crippen LogP contribution in [0.3, 0.4) is 0 Å². The summed E-state index contributed by atoms with van der Waals surface area (Å²) in [4.78, 5) is 26.7. The van der Waals surface area contributed by atoms with E-state index in [1.807, 2.05) is 60.7 Å². The minimum absolute atomic E-state index is 0.214. The van der Waals surface area contributed by atoms with E-state index in [0.717, 1.165) is 21.4 Å². The van der Waals surface area contributed by atoms with Gasteiger partial charge >= 0.3 is 0 Å². The first-order valence-corrected chi connectivity index (χ1v) is 10.4. The summed E-state index contributed by atoms with van der Waals surface area (Å²) >= 11 is 0. The van der Waals surface area contributed by atoms with Crippen LogP contribution in [0.15, 0.2) is 96.4 Å². The SMILES string of the molecule is O=c1c(Cc2cccnc2)nc2cccnc2n1-c1cccc(C=Cc2cc[n+]([O-])cc2)c1. The molecule has 0 aliphatic carbocycles. The minimum atomic E-state index is -0.214. The van der Waals surface area contributed by atoms with Gasteiger partial charge in [-0.2, -0.15) is 4.73 Å². The van der Waals surface area contributed by atoms with Gasteiger partial charge in [0.1, 0.15) is 11.2 Å². The van der Waals surface area contributed by atoms with Crippen LogP contribution in [0.5, 0.6) is 0 Å². The Morgan fingerprint density at radius 2 is 1.76 bits per heavy atom. The van der Waals surface area contributed by atoms with Gasteiger partial charge in [0.2, 0.25) is 0 Å². The second-order valence-electron chi connectivity index (χ2n) is 7.50. The third-order valence-corrected chi connectivity index (χ3v) is 5.20. The molecule has 1 aromatic carbocycles. The van der Waals surface area contributed by atoms with Gasteiger partial charge in [0, 0.05) is 37.1 Å². The molecular formula is C26H19N5O2. The van der Waals surface area contributed by atoms with E-state index >= 15 is 0 Å². The van der Waals surface area contributed by atoms with Crippen molar-refractivity contribution in [3.63, 3.8) is 0 Å². The lowest BCUT2D eigenvalue weighted by Gasteiger charge is -2.12. The Morgan fingerprint density at radius 1 is 0.939 bits per heavy atom. The van der Waals surface area contributed by atoms with Crippen molar-refractivity contribution in [2.24, 2.45) is 0 Å². The number of benzene rings is 1.